The molecule has 3 rings (SSSR count). The maximum Gasteiger partial charge on any atom is 0.143 e. The maximum atomic E-state index is 13.1. The quantitative estimate of drug-likeness (QED) is 0.482. The molecule has 3 fully saturated rings. The van der Waals surface area contributed by atoms with Gasteiger partial charge in [0.25, 0.3) is 0 Å². The summed E-state index contributed by atoms with van der Waals surface area (Å²) in [5.74, 6) is 5.23. The van der Waals surface area contributed by atoms with E-state index >= 15 is 0 Å². The number of carbonyl (C=O) groups is 1. The van der Waals surface area contributed by atoms with Crippen molar-refractivity contribution in [2.75, 3.05) is 6.66 Å². The maximum absolute atomic E-state index is 13.1. The van der Waals surface area contributed by atoms with Crippen LogP contribution in [0.1, 0.15) is 92.9 Å². The lowest BCUT2D eigenvalue weighted by molar-refractivity contribution is -0.123. The molecular weight excluding hydrogens is 323 g/mol. The first-order chi connectivity index (χ1) is 11.6. The largest absolute Gasteiger partial charge is 0.299 e. The number of fused-ring (bicyclic) bond motifs is 5. The van der Waals surface area contributed by atoms with Gasteiger partial charge in [0.2, 0.25) is 0 Å². The molecule has 7 atom stereocenters. The number of Topliss-reactive ketones (excluding diaryl/α,β-unsaturated/α-hetero) is 1. The summed E-state index contributed by atoms with van der Waals surface area (Å²) < 4.78 is 0. The zero-order valence-electron chi connectivity index (χ0n) is 18.0. The van der Waals surface area contributed by atoms with E-state index in [0.29, 0.717) is 5.78 Å². The van der Waals surface area contributed by atoms with Gasteiger partial charge in [0.15, 0.2) is 0 Å². The third-order valence-corrected chi connectivity index (χ3v) is 8.62. The van der Waals surface area contributed by atoms with Crippen molar-refractivity contribution in [1.29, 1.82) is 0 Å². The first kappa shape index (κ1) is 21.4. The Morgan fingerprint density at radius 1 is 1.00 bits per heavy atom. The molecule has 0 N–H and O–H groups in total. The average Bonchev–Trinajstić information content (AvgIpc) is 3.18. The number of ketones is 1. The summed E-state index contributed by atoms with van der Waals surface area (Å²) in [6, 6.07) is 0. The summed E-state index contributed by atoms with van der Waals surface area (Å²) in [6.45, 7) is 15.6. The Morgan fingerprint density at radius 3 is 2.16 bits per heavy atom. The van der Waals surface area contributed by atoms with E-state index in [-0.39, 0.29) is 10.6 Å². The van der Waals surface area contributed by atoms with Crippen LogP contribution in [0, 0.1) is 35.0 Å². The molecule has 2 heteroatoms. The van der Waals surface area contributed by atoms with Crippen molar-refractivity contribution in [3.63, 3.8) is 0 Å². The SMILES string of the molecule is CCC.CPC(C)(CC(C)(C)C)C(=O)CC1CC2CC1C1CCCC21. The van der Waals surface area contributed by atoms with Gasteiger partial charge in [-0.3, -0.25) is 4.79 Å². The van der Waals surface area contributed by atoms with Crippen LogP contribution in [0.5, 0.6) is 0 Å². The van der Waals surface area contributed by atoms with Crippen LogP contribution in [0.4, 0.5) is 0 Å². The minimum Gasteiger partial charge on any atom is -0.299 e. The van der Waals surface area contributed by atoms with Gasteiger partial charge in [-0.1, -0.05) is 47.5 Å². The second-order valence-corrected chi connectivity index (χ2v) is 12.2. The Kier molecular flexibility index (Phi) is 7.20. The molecule has 1 nitrogen and oxygen atoms in total. The molecule has 2 bridgehead atoms. The summed E-state index contributed by atoms with van der Waals surface area (Å²) in [6.07, 6.45) is 10.4. The van der Waals surface area contributed by atoms with Gasteiger partial charge in [0, 0.05) is 11.6 Å². The van der Waals surface area contributed by atoms with Crippen LogP contribution in [-0.4, -0.2) is 17.6 Å². The standard InChI is InChI=1S/C20H35OP.C3H8/c1-19(2,3)12-20(4,22-5)18(21)11-14-9-13-10-17(14)16-8-6-7-15(13)16;1-3-2/h13-17,22H,6-12H2,1-5H3;3H2,1-2H3. The third kappa shape index (κ3) is 4.88. The van der Waals surface area contributed by atoms with Crippen molar-refractivity contribution in [3.05, 3.63) is 0 Å². The Morgan fingerprint density at radius 2 is 1.60 bits per heavy atom. The molecule has 0 radical (unpaired) electrons. The van der Waals surface area contributed by atoms with Crippen LogP contribution in [0.15, 0.2) is 0 Å². The van der Waals surface area contributed by atoms with Gasteiger partial charge in [0.05, 0.1) is 0 Å². The first-order valence-corrected chi connectivity index (χ1v) is 12.4. The van der Waals surface area contributed by atoms with Crippen LogP contribution < -0.4 is 0 Å². The van der Waals surface area contributed by atoms with E-state index in [2.05, 4.69) is 48.2 Å². The van der Waals surface area contributed by atoms with Crippen molar-refractivity contribution in [2.45, 2.75) is 98.1 Å². The first-order valence-electron chi connectivity index (χ1n) is 10.9. The van der Waals surface area contributed by atoms with E-state index in [9.17, 15) is 4.79 Å². The molecule has 0 aromatic heterocycles. The summed E-state index contributed by atoms with van der Waals surface area (Å²) in [7, 11) is 0.734. The van der Waals surface area contributed by atoms with E-state index in [1.807, 2.05) is 0 Å². The smallest absolute Gasteiger partial charge is 0.143 e. The zero-order valence-corrected chi connectivity index (χ0v) is 19.0. The van der Waals surface area contributed by atoms with Gasteiger partial charge >= 0.3 is 0 Å². The Balaban J connectivity index is 0.000000701. The second kappa shape index (κ2) is 8.41. The van der Waals surface area contributed by atoms with Crippen LogP contribution >= 0.6 is 8.58 Å². The number of hydrogen-bond acceptors (Lipinski definition) is 1. The predicted octanol–water partition coefficient (Wildman–Crippen LogP) is 6.94. The molecule has 3 saturated carbocycles. The van der Waals surface area contributed by atoms with Crippen molar-refractivity contribution in [2.24, 2.45) is 35.0 Å². The van der Waals surface area contributed by atoms with Crippen molar-refractivity contribution < 1.29 is 4.79 Å². The number of hydrogen-bond donors (Lipinski definition) is 0. The Bertz CT molecular complexity index is 451. The highest BCUT2D eigenvalue weighted by atomic mass is 31.1. The Hall–Kier alpha value is 0.100. The molecule has 0 aromatic rings. The molecule has 3 aliphatic carbocycles. The lowest BCUT2D eigenvalue weighted by Gasteiger charge is -2.37. The van der Waals surface area contributed by atoms with E-state index < -0.39 is 0 Å². The monoisotopic (exact) mass is 366 g/mol. The van der Waals surface area contributed by atoms with Gasteiger partial charge in [-0.15, -0.1) is 8.58 Å². The second-order valence-electron chi connectivity index (χ2n) is 10.6. The van der Waals surface area contributed by atoms with Crippen molar-refractivity contribution in [3.8, 4) is 0 Å². The van der Waals surface area contributed by atoms with E-state index in [0.717, 1.165) is 51.0 Å². The predicted molar refractivity (Wildman–Crippen MR) is 113 cm³/mol. The van der Waals surface area contributed by atoms with E-state index in [1.165, 1.54) is 38.5 Å². The molecule has 0 aromatic carbocycles. The van der Waals surface area contributed by atoms with E-state index in [4.69, 9.17) is 0 Å². The van der Waals surface area contributed by atoms with Gasteiger partial charge in [0.1, 0.15) is 5.78 Å². The van der Waals surface area contributed by atoms with Gasteiger partial charge < -0.3 is 0 Å². The van der Waals surface area contributed by atoms with Gasteiger partial charge in [-0.05, 0) is 80.7 Å². The average molecular weight is 367 g/mol. The summed E-state index contributed by atoms with van der Waals surface area (Å²) in [4.78, 5) is 13.1. The van der Waals surface area contributed by atoms with E-state index in [1.54, 1.807) is 0 Å². The highest BCUT2D eigenvalue weighted by Gasteiger charge is 2.54. The normalized spacial score (nSPS) is 36.2. The van der Waals surface area contributed by atoms with Crippen LogP contribution in [-0.2, 0) is 4.79 Å². The fourth-order valence-electron chi connectivity index (χ4n) is 6.30. The third-order valence-electron chi connectivity index (χ3n) is 7.06. The lowest BCUT2D eigenvalue weighted by atomic mass is 9.72. The zero-order chi connectivity index (χ0) is 18.8. The molecular formula is C23H43OP. The molecule has 0 saturated heterocycles. The van der Waals surface area contributed by atoms with Gasteiger partial charge in [-0.2, -0.15) is 0 Å². The summed E-state index contributed by atoms with van der Waals surface area (Å²) in [5, 5.41) is -0.0742. The van der Waals surface area contributed by atoms with Crippen LogP contribution in [0.25, 0.3) is 0 Å². The van der Waals surface area contributed by atoms with Crippen molar-refractivity contribution in [1.82, 2.24) is 0 Å². The fourth-order valence-corrected chi connectivity index (χ4v) is 7.38. The molecule has 0 aliphatic heterocycles. The van der Waals surface area contributed by atoms with Crippen LogP contribution in [0.2, 0.25) is 0 Å². The topological polar surface area (TPSA) is 17.1 Å². The van der Waals surface area contributed by atoms with Gasteiger partial charge in [-0.25, -0.2) is 0 Å². The minimum atomic E-state index is -0.0742. The highest BCUT2D eigenvalue weighted by molar-refractivity contribution is 7.40. The molecule has 0 amide bonds. The molecule has 0 heterocycles. The number of rotatable bonds is 5. The minimum absolute atomic E-state index is 0.0742. The fraction of sp³-hybridized carbons (Fsp3) is 0.957. The number of carbonyl (C=O) groups excluding carboxylic acids is 1. The highest BCUT2D eigenvalue weighted by Crippen LogP contribution is 2.62. The molecule has 7 unspecified atom stereocenters. The molecule has 25 heavy (non-hydrogen) atoms. The lowest BCUT2D eigenvalue weighted by Crippen LogP contribution is -2.37. The van der Waals surface area contributed by atoms with Crippen LogP contribution in [0.3, 0.4) is 0 Å². The molecule has 3 aliphatic rings. The van der Waals surface area contributed by atoms with Crippen molar-refractivity contribution >= 4 is 14.4 Å². The summed E-state index contributed by atoms with van der Waals surface area (Å²) >= 11 is 0. The Labute approximate surface area is 159 Å². The summed E-state index contributed by atoms with van der Waals surface area (Å²) in [5.41, 5.74) is 0.249. The molecule has 146 valence electrons. The molecule has 0 spiro atoms.